The molecule has 4 nitrogen and oxygen atoms in total. The van der Waals surface area contributed by atoms with Gasteiger partial charge in [-0.3, -0.25) is 0 Å². The molecule has 19 heavy (non-hydrogen) atoms. The van der Waals surface area contributed by atoms with Crippen LogP contribution in [0.5, 0.6) is 0 Å². The van der Waals surface area contributed by atoms with Gasteiger partial charge in [-0.15, -0.1) is 0 Å². The van der Waals surface area contributed by atoms with Gasteiger partial charge in [-0.05, 0) is 25.0 Å². The number of oxazole rings is 1. The molecule has 0 saturated heterocycles. The van der Waals surface area contributed by atoms with E-state index in [4.69, 9.17) is 9.15 Å². The summed E-state index contributed by atoms with van der Waals surface area (Å²) in [6.45, 7) is 6.36. The first-order valence-electron chi connectivity index (χ1n) is 6.42. The topological polar surface area (TPSA) is 47.3 Å². The standard InChI is InChI=1S/C15H20N2O2/c1-11-5-4-6-12(2)14(11)15-13(17-10-19-15)9-16-7-8-18-3/h4-6,10,16H,7-9H2,1-3H3. The number of methoxy groups -OCH3 is 1. The fraction of sp³-hybridized carbons (Fsp3) is 0.400. The fourth-order valence-electron chi connectivity index (χ4n) is 2.15. The van der Waals surface area contributed by atoms with Crippen molar-refractivity contribution in [3.8, 4) is 11.3 Å². The zero-order valence-corrected chi connectivity index (χ0v) is 11.7. The van der Waals surface area contributed by atoms with E-state index in [1.165, 1.54) is 17.5 Å². The summed E-state index contributed by atoms with van der Waals surface area (Å²) in [6.07, 6.45) is 1.51. The number of ether oxygens (including phenoxy) is 1. The van der Waals surface area contributed by atoms with Crippen LogP contribution in [0.15, 0.2) is 29.0 Å². The molecule has 102 valence electrons. The molecule has 2 aromatic rings. The summed E-state index contributed by atoms with van der Waals surface area (Å²) in [6, 6.07) is 6.24. The third-order valence-corrected chi connectivity index (χ3v) is 3.12. The normalized spacial score (nSPS) is 10.9. The number of hydrogen-bond acceptors (Lipinski definition) is 4. The van der Waals surface area contributed by atoms with E-state index >= 15 is 0 Å². The van der Waals surface area contributed by atoms with Gasteiger partial charge < -0.3 is 14.5 Å². The fourth-order valence-corrected chi connectivity index (χ4v) is 2.15. The van der Waals surface area contributed by atoms with E-state index in [-0.39, 0.29) is 0 Å². The average Bonchev–Trinajstić information content (AvgIpc) is 2.83. The van der Waals surface area contributed by atoms with E-state index in [9.17, 15) is 0 Å². The Bertz CT molecular complexity index is 514. The lowest BCUT2D eigenvalue weighted by Crippen LogP contribution is -2.19. The van der Waals surface area contributed by atoms with Gasteiger partial charge >= 0.3 is 0 Å². The molecule has 0 aliphatic rings. The van der Waals surface area contributed by atoms with E-state index < -0.39 is 0 Å². The lowest BCUT2D eigenvalue weighted by Gasteiger charge is -2.09. The lowest BCUT2D eigenvalue weighted by atomic mass is 9.99. The molecule has 0 amide bonds. The predicted octanol–water partition coefficient (Wildman–Crippen LogP) is 2.69. The molecule has 4 heteroatoms. The molecular weight excluding hydrogens is 240 g/mol. The number of benzene rings is 1. The Kier molecular flexibility index (Phi) is 4.71. The van der Waals surface area contributed by atoms with Crippen LogP contribution in [0.1, 0.15) is 16.8 Å². The SMILES string of the molecule is COCCNCc1ncoc1-c1c(C)cccc1C. The molecule has 1 aromatic carbocycles. The van der Waals surface area contributed by atoms with E-state index in [1.54, 1.807) is 7.11 Å². The molecule has 0 atom stereocenters. The number of aryl methyl sites for hydroxylation is 2. The number of rotatable bonds is 6. The third kappa shape index (κ3) is 3.22. The highest BCUT2D eigenvalue weighted by molar-refractivity contribution is 5.67. The van der Waals surface area contributed by atoms with Crippen LogP contribution in [0.3, 0.4) is 0 Å². The maximum Gasteiger partial charge on any atom is 0.181 e. The largest absolute Gasteiger partial charge is 0.443 e. The maximum absolute atomic E-state index is 5.59. The first-order valence-corrected chi connectivity index (χ1v) is 6.42. The van der Waals surface area contributed by atoms with E-state index in [0.717, 1.165) is 23.6 Å². The van der Waals surface area contributed by atoms with Crippen molar-refractivity contribution >= 4 is 0 Å². The van der Waals surface area contributed by atoms with Crippen molar-refractivity contribution in [2.24, 2.45) is 0 Å². The summed E-state index contributed by atoms with van der Waals surface area (Å²) in [5, 5.41) is 3.29. The number of nitrogens with zero attached hydrogens (tertiary/aromatic N) is 1. The summed E-state index contributed by atoms with van der Waals surface area (Å²) in [4.78, 5) is 4.30. The highest BCUT2D eigenvalue weighted by Crippen LogP contribution is 2.29. The molecule has 0 aliphatic carbocycles. The van der Waals surface area contributed by atoms with Gasteiger partial charge in [0, 0.05) is 25.8 Å². The Morgan fingerprint density at radius 3 is 2.68 bits per heavy atom. The third-order valence-electron chi connectivity index (χ3n) is 3.12. The molecule has 1 aromatic heterocycles. The molecule has 1 N–H and O–H groups in total. The van der Waals surface area contributed by atoms with Crippen LogP contribution in [0.4, 0.5) is 0 Å². The highest BCUT2D eigenvalue weighted by Gasteiger charge is 2.14. The second-order valence-corrected chi connectivity index (χ2v) is 4.56. The minimum Gasteiger partial charge on any atom is -0.443 e. The van der Waals surface area contributed by atoms with E-state index in [2.05, 4.69) is 42.3 Å². The van der Waals surface area contributed by atoms with Gasteiger partial charge in [0.15, 0.2) is 12.2 Å². The molecule has 0 radical (unpaired) electrons. The van der Waals surface area contributed by atoms with Crippen molar-refractivity contribution in [2.75, 3.05) is 20.3 Å². The number of nitrogens with one attached hydrogen (secondary N) is 1. The van der Waals surface area contributed by atoms with Crippen molar-refractivity contribution in [3.05, 3.63) is 41.4 Å². The number of aromatic nitrogens is 1. The summed E-state index contributed by atoms with van der Waals surface area (Å²) in [5.41, 5.74) is 4.49. The van der Waals surface area contributed by atoms with Crippen LogP contribution in [0.2, 0.25) is 0 Å². The van der Waals surface area contributed by atoms with Gasteiger partial charge in [-0.25, -0.2) is 4.98 Å². The summed E-state index contributed by atoms with van der Waals surface area (Å²) in [5.74, 6) is 0.862. The molecule has 0 saturated carbocycles. The zero-order chi connectivity index (χ0) is 13.7. The van der Waals surface area contributed by atoms with Crippen molar-refractivity contribution < 1.29 is 9.15 Å². The quantitative estimate of drug-likeness (QED) is 0.811. The lowest BCUT2D eigenvalue weighted by molar-refractivity contribution is 0.199. The maximum atomic E-state index is 5.59. The Morgan fingerprint density at radius 2 is 2.00 bits per heavy atom. The minimum atomic E-state index is 0.683. The molecule has 1 heterocycles. The van der Waals surface area contributed by atoms with Crippen LogP contribution in [0.25, 0.3) is 11.3 Å². The van der Waals surface area contributed by atoms with Crippen molar-refractivity contribution in [1.29, 1.82) is 0 Å². The van der Waals surface area contributed by atoms with Gasteiger partial charge in [0.1, 0.15) is 5.69 Å². The summed E-state index contributed by atoms with van der Waals surface area (Å²) in [7, 11) is 1.69. The predicted molar refractivity (Wildman–Crippen MR) is 75.0 cm³/mol. The van der Waals surface area contributed by atoms with Crippen LogP contribution in [0, 0.1) is 13.8 Å². The summed E-state index contributed by atoms with van der Waals surface area (Å²) < 4.78 is 10.6. The second kappa shape index (κ2) is 6.50. The molecule has 0 unspecified atom stereocenters. The minimum absolute atomic E-state index is 0.683. The zero-order valence-electron chi connectivity index (χ0n) is 11.7. The van der Waals surface area contributed by atoms with Crippen molar-refractivity contribution in [3.63, 3.8) is 0 Å². The van der Waals surface area contributed by atoms with Crippen LogP contribution in [-0.2, 0) is 11.3 Å². The molecule has 2 rings (SSSR count). The first kappa shape index (κ1) is 13.8. The Morgan fingerprint density at radius 1 is 1.26 bits per heavy atom. The molecule has 0 spiro atoms. The molecule has 0 fully saturated rings. The van der Waals surface area contributed by atoms with Crippen LogP contribution in [-0.4, -0.2) is 25.2 Å². The first-order chi connectivity index (χ1) is 9.24. The van der Waals surface area contributed by atoms with Gasteiger partial charge in [-0.1, -0.05) is 18.2 Å². The average molecular weight is 260 g/mol. The Labute approximate surface area is 113 Å². The summed E-state index contributed by atoms with van der Waals surface area (Å²) >= 11 is 0. The van der Waals surface area contributed by atoms with Crippen LogP contribution >= 0.6 is 0 Å². The van der Waals surface area contributed by atoms with E-state index in [0.29, 0.717) is 13.2 Å². The van der Waals surface area contributed by atoms with Gasteiger partial charge in [0.2, 0.25) is 0 Å². The van der Waals surface area contributed by atoms with E-state index in [1.807, 2.05) is 0 Å². The highest BCUT2D eigenvalue weighted by atomic mass is 16.5. The van der Waals surface area contributed by atoms with Gasteiger partial charge in [0.05, 0.1) is 6.61 Å². The monoisotopic (exact) mass is 260 g/mol. The Hall–Kier alpha value is -1.65. The van der Waals surface area contributed by atoms with Crippen molar-refractivity contribution in [2.45, 2.75) is 20.4 Å². The molecule has 0 bridgehead atoms. The number of hydrogen-bond donors (Lipinski definition) is 1. The van der Waals surface area contributed by atoms with Gasteiger partial charge in [-0.2, -0.15) is 0 Å². The second-order valence-electron chi connectivity index (χ2n) is 4.56. The molecular formula is C15H20N2O2. The van der Waals surface area contributed by atoms with Crippen LogP contribution < -0.4 is 5.32 Å². The van der Waals surface area contributed by atoms with Crippen molar-refractivity contribution in [1.82, 2.24) is 10.3 Å². The smallest absolute Gasteiger partial charge is 0.181 e. The molecule has 0 aliphatic heterocycles. The van der Waals surface area contributed by atoms with Gasteiger partial charge in [0.25, 0.3) is 0 Å². The Balaban J connectivity index is 2.19.